The first kappa shape index (κ1) is 37.6. The molecule has 1 fully saturated rings. The van der Waals surface area contributed by atoms with Crippen LogP contribution < -0.4 is 9.80 Å². The number of rotatable bonds is 9. The molecule has 0 heterocycles. The van der Waals surface area contributed by atoms with Gasteiger partial charge in [0.15, 0.2) is 0 Å². The summed E-state index contributed by atoms with van der Waals surface area (Å²) in [6.45, 7) is 7.15. The molecule has 0 amide bonds. The Morgan fingerprint density at radius 2 is 0.850 bits per heavy atom. The molecule has 10 rings (SSSR count). The molecule has 0 N–H and O–H groups in total. The fraction of sp³-hybridized carbons (Fsp3) is 0.172. The largest absolute Gasteiger partial charge is 0.310 e. The number of nitrogens with zero attached hydrogens (tertiary/aromatic N) is 2. The lowest BCUT2D eigenvalue weighted by molar-refractivity contribution is 0.280. The van der Waals surface area contributed by atoms with Gasteiger partial charge in [-0.25, -0.2) is 0 Å². The van der Waals surface area contributed by atoms with Crippen LogP contribution in [-0.4, -0.2) is 0 Å². The van der Waals surface area contributed by atoms with E-state index in [1.54, 1.807) is 0 Å². The van der Waals surface area contributed by atoms with Gasteiger partial charge in [0.1, 0.15) is 0 Å². The van der Waals surface area contributed by atoms with Crippen LogP contribution in [0.3, 0.4) is 0 Å². The molecular weight excluding hydrogens is 725 g/mol. The third kappa shape index (κ3) is 6.61. The van der Waals surface area contributed by atoms with Gasteiger partial charge in [-0.2, -0.15) is 0 Å². The van der Waals surface area contributed by atoms with Crippen molar-refractivity contribution < 1.29 is 0 Å². The molecule has 2 aliphatic carbocycles. The first-order valence-corrected chi connectivity index (χ1v) is 21.7. The summed E-state index contributed by atoms with van der Waals surface area (Å²) in [5, 5.41) is 0. The molecular formula is C58H52N2. The topological polar surface area (TPSA) is 6.48 Å². The van der Waals surface area contributed by atoms with Gasteiger partial charge in [0.05, 0.1) is 5.69 Å². The molecule has 2 nitrogen and oxygen atoms in total. The lowest BCUT2D eigenvalue weighted by atomic mass is 9.63. The third-order valence-electron chi connectivity index (χ3n) is 13.6. The van der Waals surface area contributed by atoms with Crippen LogP contribution in [0.25, 0.3) is 22.3 Å². The standard InChI is InChI=1S/C58H52N2/c1-42-37-39-58(40-38-42,45-29-33-49(34-30-45)60(47-21-11-6-12-22-47)56-26-16-14-23-51(56)43-17-7-4-8-18-43)44-27-31-48(32-28-44)59(46-19-9-5-10-20-46)50-35-36-53-52-24-13-15-25-54(52)57(2,3)55(53)41-50/h4-36,41-42H,37-40H2,1-3H3. The van der Waals surface area contributed by atoms with E-state index < -0.39 is 0 Å². The summed E-state index contributed by atoms with van der Waals surface area (Å²) in [6.07, 6.45) is 4.70. The maximum atomic E-state index is 2.43. The molecule has 0 spiro atoms. The predicted octanol–water partition coefficient (Wildman–Crippen LogP) is 16.1. The van der Waals surface area contributed by atoms with Crippen molar-refractivity contribution in [2.45, 2.75) is 57.3 Å². The maximum absolute atomic E-state index is 2.43. The zero-order chi connectivity index (χ0) is 40.7. The quantitative estimate of drug-likeness (QED) is 0.144. The summed E-state index contributed by atoms with van der Waals surface area (Å²) >= 11 is 0. The Balaban J connectivity index is 1.03. The highest BCUT2D eigenvalue weighted by molar-refractivity contribution is 5.88. The summed E-state index contributed by atoms with van der Waals surface area (Å²) in [5.41, 5.74) is 17.5. The Kier molecular flexibility index (Phi) is 9.73. The van der Waals surface area contributed by atoms with E-state index in [0.29, 0.717) is 0 Å². The van der Waals surface area contributed by atoms with Crippen molar-refractivity contribution in [3.63, 3.8) is 0 Å². The number of hydrogen-bond donors (Lipinski definition) is 0. The zero-order valence-electron chi connectivity index (χ0n) is 34.9. The van der Waals surface area contributed by atoms with E-state index in [0.717, 1.165) is 35.8 Å². The van der Waals surface area contributed by atoms with Crippen molar-refractivity contribution in [3.8, 4) is 22.3 Å². The molecule has 8 aromatic carbocycles. The number of anilines is 6. The van der Waals surface area contributed by atoms with Crippen LogP contribution >= 0.6 is 0 Å². The Hall–Kier alpha value is -6.64. The van der Waals surface area contributed by atoms with Crippen molar-refractivity contribution >= 4 is 34.1 Å². The van der Waals surface area contributed by atoms with Gasteiger partial charge < -0.3 is 9.80 Å². The van der Waals surface area contributed by atoms with E-state index in [-0.39, 0.29) is 10.8 Å². The van der Waals surface area contributed by atoms with Crippen LogP contribution in [0.1, 0.15) is 68.7 Å². The minimum Gasteiger partial charge on any atom is -0.310 e. The van der Waals surface area contributed by atoms with Gasteiger partial charge in [-0.1, -0.05) is 160 Å². The van der Waals surface area contributed by atoms with Crippen LogP contribution in [-0.2, 0) is 10.8 Å². The Bertz CT molecular complexity index is 2730. The maximum Gasteiger partial charge on any atom is 0.0540 e. The van der Waals surface area contributed by atoms with Gasteiger partial charge in [0.2, 0.25) is 0 Å². The highest BCUT2D eigenvalue weighted by atomic mass is 15.1. The van der Waals surface area contributed by atoms with Crippen LogP contribution in [0.15, 0.2) is 206 Å². The van der Waals surface area contributed by atoms with Crippen LogP contribution in [0.5, 0.6) is 0 Å². The molecule has 0 unspecified atom stereocenters. The van der Waals surface area contributed by atoms with E-state index in [1.165, 1.54) is 74.4 Å². The van der Waals surface area contributed by atoms with Crippen LogP contribution in [0.4, 0.5) is 34.1 Å². The first-order valence-electron chi connectivity index (χ1n) is 21.7. The van der Waals surface area contributed by atoms with E-state index >= 15 is 0 Å². The number of para-hydroxylation sites is 3. The Morgan fingerprint density at radius 1 is 0.400 bits per heavy atom. The second-order valence-corrected chi connectivity index (χ2v) is 17.5. The average Bonchev–Trinajstić information content (AvgIpc) is 3.54. The summed E-state index contributed by atoms with van der Waals surface area (Å²) in [4.78, 5) is 4.84. The fourth-order valence-corrected chi connectivity index (χ4v) is 10.2. The monoisotopic (exact) mass is 776 g/mol. The highest BCUT2D eigenvalue weighted by Crippen LogP contribution is 2.52. The zero-order valence-corrected chi connectivity index (χ0v) is 34.9. The van der Waals surface area contributed by atoms with Crippen LogP contribution in [0, 0.1) is 5.92 Å². The molecule has 0 atom stereocenters. The van der Waals surface area contributed by atoms with E-state index in [9.17, 15) is 0 Å². The van der Waals surface area contributed by atoms with E-state index in [4.69, 9.17) is 0 Å². The summed E-state index contributed by atoms with van der Waals surface area (Å²) in [6, 6.07) is 76.2. The van der Waals surface area contributed by atoms with Crippen molar-refractivity contribution in [2.75, 3.05) is 9.80 Å². The Labute approximate surface area is 356 Å². The fourth-order valence-electron chi connectivity index (χ4n) is 10.2. The number of hydrogen-bond acceptors (Lipinski definition) is 2. The van der Waals surface area contributed by atoms with Crippen LogP contribution in [0.2, 0.25) is 0 Å². The summed E-state index contributed by atoms with van der Waals surface area (Å²) in [7, 11) is 0. The second-order valence-electron chi connectivity index (χ2n) is 17.5. The molecule has 0 radical (unpaired) electrons. The minimum atomic E-state index is -0.0718. The molecule has 0 bridgehead atoms. The second kappa shape index (κ2) is 15.5. The summed E-state index contributed by atoms with van der Waals surface area (Å²) < 4.78 is 0. The molecule has 2 aliphatic rings. The third-order valence-corrected chi connectivity index (χ3v) is 13.6. The molecule has 0 saturated heterocycles. The van der Waals surface area contributed by atoms with Gasteiger partial charge >= 0.3 is 0 Å². The smallest absolute Gasteiger partial charge is 0.0540 e. The normalized spacial score (nSPS) is 17.7. The van der Waals surface area contributed by atoms with Crippen molar-refractivity contribution in [1.82, 2.24) is 0 Å². The van der Waals surface area contributed by atoms with Crippen molar-refractivity contribution in [2.24, 2.45) is 5.92 Å². The molecule has 2 heteroatoms. The van der Waals surface area contributed by atoms with Gasteiger partial charge in [-0.3, -0.25) is 0 Å². The van der Waals surface area contributed by atoms with Gasteiger partial charge in [0.25, 0.3) is 0 Å². The molecule has 60 heavy (non-hydrogen) atoms. The Morgan fingerprint density at radius 3 is 1.47 bits per heavy atom. The van der Waals surface area contributed by atoms with Gasteiger partial charge in [-0.05, 0) is 137 Å². The van der Waals surface area contributed by atoms with Gasteiger partial charge in [0, 0.05) is 44.8 Å². The number of fused-ring (bicyclic) bond motifs is 3. The van der Waals surface area contributed by atoms with E-state index in [2.05, 4.69) is 237 Å². The highest BCUT2D eigenvalue weighted by Gasteiger charge is 2.38. The van der Waals surface area contributed by atoms with Crippen molar-refractivity contribution in [3.05, 3.63) is 229 Å². The lowest BCUT2D eigenvalue weighted by Crippen LogP contribution is -2.32. The predicted molar refractivity (Wildman–Crippen MR) is 254 cm³/mol. The average molecular weight is 777 g/mol. The van der Waals surface area contributed by atoms with Crippen molar-refractivity contribution in [1.29, 1.82) is 0 Å². The molecule has 294 valence electrons. The minimum absolute atomic E-state index is 0.0654. The van der Waals surface area contributed by atoms with Gasteiger partial charge in [-0.15, -0.1) is 0 Å². The molecule has 0 aliphatic heterocycles. The summed E-state index contributed by atoms with van der Waals surface area (Å²) in [5.74, 6) is 0.725. The van der Waals surface area contributed by atoms with E-state index in [1.807, 2.05) is 0 Å². The lowest BCUT2D eigenvalue weighted by Gasteiger charge is -2.41. The molecule has 1 saturated carbocycles. The molecule has 0 aromatic heterocycles. The molecule has 8 aromatic rings. The SMILES string of the molecule is CC1CCC(c2ccc(N(c3ccccc3)c3ccc4c(c3)C(C)(C)c3ccccc3-4)cc2)(c2ccc(N(c3ccccc3)c3ccccc3-c3ccccc3)cc2)CC1. The number of benzene rings is 8. The first-order chi connectivity index (χ1) is 29.4.